The first kappa shape index (κ1) is 20.9. The Kier molecular flexibility index (Phi) is 5.74. The van der Waals surface area contributed by atoms with Crippen LogP contribution in [0.15, 0.2) is 36.4 Å². The van der Waals surface area contributed by atoms with Gasteiger partial charge in [-0.2, -0.15) is 0 Å². The first-order valence-electron chi connectivity index (χ1n) is 8.23. The van der Waals surface area contributed by atoms with E-state index in [1.807, 2.05) is 0 Å². The van der Waals surface area contributed by atoms with Gasteiger partial charge in [-0.25, -0.2) is 4.39 Å². The summed E-state index contributed by atoms with van der Waals surface area (Å²) in [6, 6.07) is 6.98. The van der Waals surface area contributed by atoms with Crippen molar-refractivity contribution in [3.05, 3.63) is 68.5 Å². The molecule has 0 saturated carbocycles. The molecule has 0 aromatic heterocycles. The van der Waals surface area contributed by atoms with Crippen LogP contribution in [-0.2, 0) is 14.3 Å². The summed E-state index contributed by atoms with van der Waals surface area (Å²) < 4.78 is 17.8. The molecule has 1 heterocycles. The Morgan fingerprint density at radius 3 is 2.60 bits per heavy atom. The third-order valence-electron chi connectivity index (χ3n) is 4.03. The fourth-order valence-corrected chi connectivity index (χ4v) is 2.88. The lowest BCUT2D eigenvalue weighted by atomic mass is 10.1. The summed E-state index contributed by atoms with van der Waals surface area (Å²) in [6.45, 7) is -1.59. The second-order valence-electron chi connectivity index (χ2n) is 5.99. The Morgan fingerprint density at radius 1 is 1.20 bits per heavy atom. The van der Waals surface area contributed by atoms with Crippen LogP contribution in [0, 0.1) is 15.9 Å². The van der Waals surface area contributed by atoms with E-state index in [0.29, 0.717) is 4.90 Å². The molecule has 0 spiro atoms. The number of imide groups is 1. The fraction of sp³-hybridized carbons (Fsp3) is 0.111. The van der Waals surface area contributed by atoms with E-state index in [4.69, 9.17) is 16.3 Å². The van der Waals surface area contributed by atoms with Gasteiger partial charge in [0.2, 0.25) is 0 Å². The number of hydrogen-bond donors (Lipinski definition) is 1. The molecular formula is C18H11ClFN3O7. The van der Waals surface area contributed by atoms with E-state index in [9.17, 15) is 33.7 Å². The summed E-state index contributed by atoms with van der Waals surface area (Å²) >= 11 is 5.59. The number of fused-ring (bicyclic) bond motifs is 1. The Morgan fingerprint density at radius 2 is 1.93 bits per heavy atom. The van der Waals surface area contributed by atoms with Gasteiger partial charge >= 0.3 is 5.97 Å². The van der Waals surface area contributed by atoms with Crippen LogP contribution in [0.4, 0.5) is 15.8 Å². The van der Waals surface area contributed by atoms with E-state index in [1.54, 1.807) is 0 Å². The molecule has 154 valence electrons. The van der Waals surface area contributed by atoms with Crippen LogP contribution < -0.4 is 5.32 Å². The van der Waals surface area contributed by atoms with Crippen LogP contribution in [0.25, 0.3) is 0 Å². The quantitative estimate of drug-likeness (QED) is 0.318. The second kappa shape index (κ2) is 8.25. The molecule has 0 bridgehead atoms. The van der Waals surface area contributed by atoms with Crippen LogP contribution in [0.1, 0.15) is 20.7 Å². The molecule has 1 aliphatic rings. The number of halogens is 2. The van der Waals surface area contributed by atoms with Crippen molar-refractivity contribution in [1.29, 1.82) is 0 Å². The summed E-state index contributed by atoms with van der Waals surface area (Å²) in [5.74, 6) is -4.43. The minimum absolute atomic E-state index is 0.162. The highest BCUT2D eigenvalue weighted by atomic mass is 35.5. The number of nitrogens with zero attached hydrogens (tertiary/aromatic N) is 2. The zero-order chi connectivity index (χ0) is 22.0. The van der Waals surface area contributed by atoms with Crippen molar-refractivity contribution in [3.63, 3.8) is 0 Å². The number of hydrogen-bond acceptors (Lipinski definition) is 7. The monoisotopic (exact) mass is 435 g/mol. The predicted molar refractivity (Wildman–Crippen MR) is 99.5 cm³/mol. The van der Waals surface area contributed by atoms with E-state index in [1.165, 1.54) is 18.2 Å². The van der Waals surface area contributed by atoms with Crippen molar-refractivity contribution >= 4 is 46.7 Å². The van der Waals surface area contributed by atoms with E-state index in [-0.39, 0.29) is 16.3 Å². The molecular weight excluding hydrogens is 425 g/mol. The van der Waals surface area contributed by atoms with Gasteiger partial charge < -0.3 is 10.1 Å². The van der Waals surface area contributed by atoms with Crippen molar-refractivity contribution in [2.45, 2.75) is 0 Å². The first-order chi connectivity index (χ1) is 14.2. The number of esters is 1. The number of nitro benzene ring substituents is 1. The van der Waals surface area contributed by atoms with Crippen LogP contribution >= 0.6 is 11.6 Å². The minimum Gasteiger partial charge on any atom is -0.454 e. The highest BCUT2D eigenvalue weighted by molar-refractivity contribution is 6.31. The SMILES string of the molecule is O=C(COC(=O)CN1C(=O)c2cccc([N+](=O)[O-])c2C1=O)Nc1ccc(F)c(Cl)c1. The van der Waals surface area contributed by atoms with Crippen molar-refractivity contribution in [2.75, 3.05) is 18.5 Å². The number of carbonyl (C=O) groups excluding carboxylic acids is 4. The molecule has 30 heavy (non-hydrogen) atoms. The molecule has 0 aliphatic carbocycles. The van der Waals surface area contributed by atoms with Gasteiger partial charge in [-0.15, -0.1) is 0 Å². The lowest BCUT2D eigenvalue weighted by Crippen LogP contribution is -2.36. The van der Waals surface area contributed by atoms with Gasteiger partial charge in [0.05, 0.1) is 15.5 Å². The van der Waals surface area contributed by atoms with Crippen LogP contribution in [0.5, 0.6) is 0 Å². The first-order valence-corrected chi connectivity index (χ1v) is 8.61. The maximum absolute atomic E-state index is 13.1. The summed E-state index contributed by atoms with van der Waals surface area (Å²) in [6.07, 6.45) is 0. The maximum atomic E-state index is 13.1. The number of anilines is 1. The summed E-state index contributed by atoms with van der Waals surface area (Å²) in [7, 11) is 0. The van der Waals surface area contributed by atoms with Crippen LogP contribution in [-0.4, -0.2) is 46.7 Å². The molecule has 0 radical (unpaired) electrons. The van der Waals surface area contributed by atoms with E-state index < -0.39 is 58.8 Å². The third-order valence-corrected chi connectivity index (χ3v) is 4.32. The zero-order valence-electron chi connectivity index (χ0n) is 14.9. The van der Waals surface area contributed by atoms with Crippen molar-refractivity contribution < 1.29 is 33.2 Å². The average Bonchev–Trinajstić information content (AvgIpc) is 2.94. The van der Waals surface area contributed by atoms with E-state index in [0.717, 1.165) is 18.2 Å². The number of carbonyl (C=O) groups is 4. The second-order valence-corrected chi connectivity index (χ2v) is 6.40. The topological polar surface area (TPSA) is 136 Å². The molecule has 0 atom stereocenters. The number of nitro groups is 1. The number of benzene rings is 2. The van der Waals surface area contributed by atoms with Gasteiger partial charge in [-0.05, 0) is 24.3 Å². The summed E-state index contributed by atoms with van der Waals surface area (Å²) in [4.78, 5) is 59.2. The molecule has 2 aromatic carbocycles. The Hall–Kier alpha value is -3.86. The highest BCUT2D eigenvalue weighted by Crippen LogP contribution is 2.30. The third kappa shape index (κ3) is 4.10. The zero-order valence-corrected chi connectivity index (χ0v) is 15.6. The minimum atomic E-state index is -1.08. The molecule has 0 unspecified atom stereocenters. The molecule has 3 rings (SSSR count). The van der Waals surface area contributed by atoms with Crippen molar-refractivity contribution in [3.8, 4) is 0 Å². The molecule has 0 saturated heterocycles. The molecule has 0 fully saturated rings. The molecule has 1 N–H and O–H groups in total. The Balaban J connectivity index is 1.60. The van der Waals surface area contributed by atoms with Gasteiger partial charge in [0.1, 0.15) is 17.9 Å². The van der Waals surface area contributed by atoms with Crippen LogP contribution in [0.2, 0.25) is 5.02 Å². The predicted octanol–water partition coefficient (Wildman–Crippen LogP) is 2.17. The highest BCUT2D eigenvalue weighted by Gasteiger charge is 2.41. The number of nitrogens with one attached hydrogen (secondary N) is 1. The number of ether oxygens (including phenoxy) is 1. The molecule has 1 aliphatic heterocycles. The number of amides is 3. The van der Waals surface area contributed by atoms with Gasteiger partial charge in [-0.3, -0.25) is 34.2 Å². The maximum Gasteiger partial charge on any atom is 0.326 e. The van der Waals surface area contributed by atoms with Gasteiger partial charge in [0, 0.05) is 11.8 Å². The average molecular weight is 436 g/mol. The number of rotatable bonds is 6. The van der Waals surface area contributed by atoms with Crippen molar-refractivity contribution in [2.24, 2.45) is 0 Å². The molecule has 3 amide bonds. The molecule has 2 aromatic rings. The fourth-order valence-electron chi connectivity index (χ4n) is 2.70. The standard InChI is InChI=1S/C18H11ClFN3O7/c19-11-6-9(4-5-12(11)20)21-14(24)8-30-15(25)7-22-17(26)10-2-1-3-13(23(28)29)16(10)18(22)27/h1-6H,7-8H2,(H,21,24). The summed E-state index contributed by atoms with van der Waals surface area (Å²) in [5.41, 5.74) is -1.01. The lowest BCUT2D eigenvalue weighted by Gasteiger charge is -2.13. The summed E-state index contributed by atoms with van der Waals surface area (Å²) in [5, 5.41) is 13.2. The molecule has 12 heteroatoms. The van der Waals surface area contributed by atoms with Gasteiger partial charge in [0.15, 0.2) is 6.61 Å². The van der Waals surface area contributed by atoms with Gasteiger partial charge in [0.25, 0.3) is 23.4 Å². The normalized spacial score (nSPS) is 12.5. The largest absolute Gasteiger partial charge is 0.454 e. The Bertz CT molecular complexity index is 1110. The van der Waals surface area contributed by atoms with E-state index in [2.05, 4.69) is 5.32 Å². The smallest absolute Gasteiger partial charge is 0.326 e. The lowest BCUT2D eigenvalue weighted by molar-refractivity contribution is -0.385. The van der Waals surface area contributed by atoms with E-state index >= 15 is 0 Å². The Labute approximate surface area is 172 Å². The van der Waals surface area contributed by atoms with Gasteiger partial charge in [-0.1, -0.05) is 17.7 Å². The molecule has 10 nitrogen and oxygen atoms in total. The van der Waals surface area contributed by atoms with Crippen molar-refractivity contribution in [1.82, 2.24) is 4.90 Å². The van der Waals surface area contributed by atoms with Crippen LogP contribution in [0.3, 0.4) is 0 Å².